The predicted octanol–water partition coefficient (Wildman–Crippen LogP) is 2.54. The summed E-state index contributed by atoms with van der Waals surface area (Å²) >= 11 is 0. The summed E-state index contributed by atoms with van der Waals surface area (Å²) < 4.78 is 12.6. The molecule has 3 nitrogen and oxygen atoms in total. The topological polar surface area (TPSA) is 37.8 Å². The second-order valence-electron chi connectivity index (χ2n) is 3.52. The normalized spacial score (nSPS) is 10.1. The van der Waals surface area contributed by atoms with Crippen molar-refractivity contribution in [3.8, 4) is 0 Å². The van der Waals surface area contributed by atoms with Gasteiger partial charge in [0.1, 0.15) is 11.6 Å². The van der Waals surface area contributed by atoms with Gasteiger partial charge in [-0.25, -0.2) is 9.37 Å². The van der Waals surface area contributed by atoms with E-state index in [4.69, 9.17) is 0 Å². The number of hydrogen-bond acceptors (Lipinski definition) is 3. The Morgan fingerprint density at radius 3 is 2.81 bits per heavy atom. The molecule has 0 aromatic carbocycles. The van der Waals surface area contributed by atoms with Crippen molar-refractivity contribution >= 4 is 5.82 Å². The molecular weight excluding hydrogens is 205 g/mol. The molecule has 2 rings (SSSR count). The zero-order valence-electron chi connectivity index (χ0n) is 8.94. The first kappa shape index (κ1) is 10.5. The van der Waals surface area contributed by atoms with E-state index in [1.165, 1.54) is 12.3 Å². The molecule has 0 unspecified atom stereocenters. The van der Waals surface area contributed by atoms with Gasteiger partial charge in [0.15, 0.2) is 0 Å². The number of aromatic nitrogens is 2. The van der Waals surface area contributed by atoms with E-state index in [9.17, 15) is 4.39 Å². The summed E-state index contributed by atoms with van der Waals surface area (Å²) in [7, 11) is 0. The molecule has 0 radical (unpaired) electrons. The predicted molar refractivity (Wildman–Crippen MR) is 60.5 cm³/mol. The third kappa shape index (κ3) is 2.53. The van der Waals surface area contributed by atoms with Gasteiger partial charge in [-0.15, -0.1) is 0 Å². The standard InChI is InChI=1S/C12H12FN3/c1-9-6-14-5-4-10(9)7-15-12-3-2-11(13)8-16-12/h2-6,8H,7H2,1H3,(H,15,16). The third-order valence-electron chi connectivity index (χ3n) is 2.32. The lowest BCUT2D eigenvalue weighted by atomic mass is 10.1. The largest absolute Gasteiger partial charge is 0.366 e. The Morgan fingerprint density at radius 1 is 1.25 bits per heavy atom. The molecule has 82 valence electrons. The van der Waals surface area contributed by atoms with Crippen LogP contribution in [0.25, 0.3) is 0 Å². The van der Waals surface area contributed by atoms with Gasteiger partial charge in [0, 0.05) is 18.9 Å². The number of aryl methyl sites for hydroxylation is 1. The molecule has 2 heterocycles. The van der Waals surface area contributed by atoms with Crippen molar-refractivity contribution in [3.05, 3.63) is 53.7 Å². The van der Waals surface area contributed by atoms with Crippen molar-refractivity contribution in [2.24, 2.45) is 0 Å². The molecule has 0 atom stereocenters. The van der Waals surface area contributed by atoms with Crippen molar-refractivity contribution in [1.82, 2.24) is 9.97 Å². The molecule has 16 heavy (non-hydrogen) atoms. The summed E-state index contributed by atoms with van der Waals surface area (Å²) in [5.74, 6) is 0.336. The lowest BCUT2D eigenvalue weighted by molar-refractivity contribution is 0.621. The molecule has 0 saturated heterocycles. The summed E-state index contributed by atoms with van der Waals surface area (Å²) in [6, 6.07) is 4.95. The lowest BCUT2D eigenvalue weighted by Gasteiger charge is -2.07. The van der Waals surface area contributed by atoms with Crippen molar-refractivity contribution in [2.45, 2.75) is 13.5 Å². The van der Waals surface area contributed by atoms with Crippen LogP contribution in [-0.4, -0.2) is 9.97 Å². The Morgan fingerprint density at radius 2 is 2.12 bits per heavy atom. The maximum atomic E-state index is 12.6. The highest BCUT2D eigenvalue weighted by molar-refractivity contribution is 5.36. The molecule has 0 aliphatic heterocycles. The van der Waals surface area contributed by atoms with Crippen LogP contribution >= 0.6 is 0 Å². The molecule has 0 spiro atoms. The fraction of sp³-hybridized carbons (Fsp3) is 0.167. The van der Waals surface area contributed by atoms with E-state index in [0.717, 1.165) is 11.1 Å². The summed E-state index contributed by atoms with van der Waals surface area (Å²) in [5.41, 5.74) is 2.28. The fourth-order valence-electron chi connectivity index (χ4n) is 1.37. The van der Waals surface area contributed by atoms with Gasteiger partial charge in [-0.2, -0.15) is 0 Å². The fourth-order valence-corrected chi connectivity index (χ4v) is 1.37. The Balaban J connectivity index is 2.02. The summed E-state index contributed by atoms with van der Waals surface area (Å²) in [4.78, 5) is 7.94. The molecule has 0 bridgehead atoms. The van der Waals surface area contributed by atoms with Gasteiger partial charge < -0.3 is 5.32 Å². The molecular formula is C12H12FN3. The lowest BCUT2D eigenvalue weighted by Crippen LogP contribution is -2.03. The number of rotatable bonds is 3. The first-order chi connectivity index (χ1) is 7.75. The van der Waals surface area contributed by atoms with E-state index in [1.54, 1.807) is 12.3 Å². The van der Waals surface area contributed by atoms with E-state index in [0.29, 0.717) is 12.4 Å². The summed E-state index contributed by atoms with van der Waals surface area (Å²) in [6.07, 6.45) is 4.76. The van der Waals surface area contributed by atoms with Crippen LogP contribution in [-0.2, 0) is 6.54 Å². The molecule has 0 aliphatic rings. The zero-order chi connectivity index (χ0) is 11.4. The minimum absolute atomic E-state index is 0.328. The van der Waals surface area contributed by atoms with Crippen LogP contribution in [0.1, 0.15) is 11.1 Å². The number of nitrogens with one attached hydrogen (secondary N) is 1. The molecule has 2 aromatic heterocycles. The van der Waals surface area contributed by atoms with E-state index < -0.39 is 0 Å². The van der Waals surface area contributed by atoms with E-state index in [2.05, 4.69) is 15.3 Å². The smallest absolute Gasteiger partial charge is 0.141 e. The Bertz CT molecular complexity index is 468. The molecule has 2 aromatic rings. The minimum atomic E-state index is -0.328. The molecule has 0 amide bonds. The maximum absolute atomic E-state index is 12.6. The number of hydrogen-bond donors (Lipinski definition) is 1. The number of anilines is 1. The van der Waals surface area contributed by atoms with Gasteiger partial charge >= 0.3 is 0 Å². The van der Waals surface area contributed by atoms with Crippen LogP contribution in [0, 0.1) is 12.7 Å². The first-order valence-corrected chi connectivity index (χ1v) is 5.00. The number of pyridine rings is 2. The van der Waals surface area contributed by atoms with E-state index in [1.807, 2.05) is 19.2 Å². The van der Waals surface area contributed by atoms with E-state index in [-0.39, 0.29) is 5.82 Å². The average molecular weight is 217 g/mol. The van der Waals surface area contributed by atoms with Crippen LogP contribution in [0.5, 0.6) is 0 Å². The first-order valence-electron chi connectivity index (χ1n) is 5.00. The second-order valence-corrected chi connectivity index (χ2v) is 3.52. The monoisotopic (exact) mass is 217 g/mol. The zero-order valence-corrected chi connectivity index (χ0v) is 8.94. The Labute approximate surface area is 93.4 Å². The van der Waals surface area contributed by atoms with Gasteiger partial charge in [0.2, 0.25) is 0 Å². The van der Waals surface area contributed by atoms with Crippen LogP contribution < -0.4 is 5.32 Å². The van der Waals surface area contributed by atoms with Crippen molar-refractivity contribution in [2.75, 3.05) is 5.32 Å². The quantitative estimate of drug-likeness (QED) is 0.858. The highest BCUT2D eigenvalue weighted by Gasteiger charge is 1.98. The molecule has 4 heteroatoms. The molecule has 0 saturated carbocycles. The third-order valence-corrected chi connectivity index (χ3v) is 2.32. The van der Waals surface area contributed by atoms with Crippen molar-refractivity contribution in [3.63, 3.8) is 0 Å². The van der Waals surface area contributed by atoms with Gasteiger partial charge in [0.05, 0.1) is 6.20 Å². The highest BCUT2D eigenvalue weighted by Crippen LogP contribution is 2.09. The van der Waals surface area contributed by atoms with Crippen LogP contribution in [0.4, 0.5) is 10.2 Å². The van der Waals surface area contributed by atoms with Gasteiger partial charge in [-0.1, -0.05) is 0 Å². The van der Waals surface area contributed by atoms with Crippen molar-refractivity contribution < 1.29 is 4.39 Å². The SMILES string of the molecule is Cc1cnccc1CNc1ccc(F)cn1. The highest BCUT2D eigenvalue weighted by atomic mass is 19.1. The molecule has 0 fully saturated rings. The Kier molecular flexibility index (Phi) is 3.10. The van der Waals surface area contributed by atoms with Crippen molar-refractivity contribution in [1.29, 1.82) is 0 Å². The minimum Gasteiger partial charge on any atom is -0.366 e. The van der Waals surface area contributed by atoms with Crippen LogP contribution in [0.3, 0.4) is 0 Å². The molecule has 0 aliphatic carbocycles. The summed E-state index contributed by atoms with van der Waals surface area (Å²) in [6.45, 7) is 2.66. The van der Waals surface area contributed by atoms with Gasteiger partial charge in [0.25, 0.3) is 0 Å². The Hall–Kier alpha value is -1.97. The second kappa shape index (κ2) is 4.70. The average Bonchev–Trinajstić information content (AvgIpc) is 2.30. The number of nitrogens with zero attached hydrogens (tertiary/aromatic N) is 2. The van der Waals surface area contributed by atoms with Gasteiger partial charge in [-0.05, 0) is 36.2 Å². The maximum Gasteiger partial charge on any atom is 0.141 e. The summed E-state index contributed by atoms with van der Waals surface area (Å²) in [5, 5.41) is 3.12. The van der Waals surface area contributed by atoms with Crippen LogP contribution in [0.15, 0.2) is 36.8 Å². The van der Waals surface area contributed by atoms with Crippen LogP contribution in [0.2, 0.25) is 0 Å². The van der Waals surface area contributed by atoms with Gasteiger partial charge in [-0.3, -0.25) is 4.98 Å². The number of halogens is 1. The molecule has 1 N–H and O–H groups in total. The van der Waals surface area contributed by atoms with E-state index >= 15 is 0 Å².